The van der Waals surface area contributed by atoms with E-state index < -0.39 is 0 Å². The summed E-state index contributed by atoms with van der Waals surface area (Å²) in [5, 5.41) is 0. The van der Waals surface area contributed by atoms with Crippen molar-refractivity contribution in [3.63, 3.8) is 0 Å². The zero-order chi connectivity index (χ0) is 13.5. The van der Waals surface area contributed by atoms with Crippen molar-refractivity contribution in [1.29, 1.82) is 0 Å². The molecule has 0 aromatic heterocycles. The molecule has 0 aliphatic heterocycles. The minimum atomic E-state index is -0.330. The summed E-state index contributed by atoms with van der Waals surface area (Å²) in [6.45, 7) is 5.33. The van der Waals surface area contributed by atoms with Crippen molar-refractivity contribution in [3.05, 3.63) is 35.4 Å². The second kappa shape index (κ2) is 6.79. The van der Waals surface area contributed by atoms with Gasteiger partial charge in [0.25, 0.3) is 0 Å². The first-order valence-electron chi connectivity index (χ1n) is 5.87. The van der Waals surface area contributed by atoms with E-state index in [1.165, 1.54) is 6.92 Å². The average molecular weight is 250 g/mol. The monoisotopic (exact) mass is 250 g/mol. The molecular weight excluding hydrogens is 232 g/mol. The normalized spacial score (nSPS) is 10.2. The highest BCUT2D eigenvalue weighted by Crippen LogP contribution is 2.12. The summed E-state index contributed by atoms with van der Waals surface area (Å²) in [5.41, 5.74) is 1.71. The van der Waals surface area contributed by atoms with E-state index in [9.17, 15) is 9.59 Å². The summed E-state index contributed by atoms with van der Waals surface area (Å²) >= 11 is 0. The molecule has 0 N–H and O–H groups in total. The molecule has 0 fully saturated rings. The highest BCUT2D eigenvalue weighted by atomic mass is 16.5. The minimum Gasteiger partial charge on any atom is -0.461 e. The number of carbonyl (C=O) groups is 2. The van der Waals surface area contributed by atoms with Crippen LogP contribution in [0.3, 0.4) is 0 Å². The van der Waals surface area contributed by atoms with Gasteiger partial charge in [0.15, 0.2) is 0 Å². The van der Waals surface area contributed by atoms with Gasteiger partial charge in [-0.1, -0.05) is 38.1 Å². The van der Waals surface area contributed by atoms with E-state index in [0.29, 0.717) is 0 Å². The van der Waals surface area contributed by atoms with Gasteiger partial charge in [0.05, 0.1) is 5.92 Å². The van der Waals surface area contributed by atoms with E-state index in [-0.39, 0.29) is 31.1 Å². The summed E-state index contributed by atoms with van der Waals surface area (Å²) in [6, 6.07) is 7.41. The second-order valence-corrected chi connectivity index (χ2v) is 4.31. The van der Waals surface area contributed by atoms with Gasteiger partial charge in [-0.25, -0.2) is 0 Å². The van der Waals surface area contributed by atoms with Gasteiger partial charge in [-0.3, -0.25) is 9.59 Å². The Labute approximate surface area is 107 Å². The first kappa shape index (κ1) is 14.2. The van der Waals surface area contributed by atoms with Crippen LogP contribution in [-0.4, -0.2) is 11.9 Å². The Kier molecular flexibility index (Phi) is 5.36. The summed E-state index contributed by atoms with van der Waals surface area (Å²) in [5.74, 6) is -0.716. The van der Waals surface area contributed by atoms with Crippen LogP contribution in [0.2, 0.25) is 0 Å². The maximum Gasteiger partial charge on any atom is 0.308 e. The molecule has 0 bridgehead atoms. The molecule has 1 aromatic carbocycles. The summed E-state index contributed by atoms with van der Waals surface area (Å²) in [7, 11) is 0. The second-order valence-electron chi connectivity index (χ2n) is 4.31. The van der Waals surface area contributed by atoms with Gasteiger partial charge in [0, 0.05) is 6.92 Å². The topological polar surface area (TPSA) is 52.6 Å². The smallest absolute Gasteiger partial charge is 0.308 e. The van der Waals surface area contributed by atoms with Crippen LogP contribution in [0.1, 0.15) is 31.9 Å². The molecule has 0 radical (unpaired) electrons. The first-order chi connectivity index (χ1) is 8.50. The van der Waals surface area contributed by atoms with E-state index in [2.05, 4.69) is 0 Å². The fourth-order valence-corrected chi connectivity index (χ4v) is 1.33. The van der Waals surface area contributed by atoms with Crippen LogP contribution >= 0.6 is 0 Å². The molecule has 0 unspecified atom stereocenters. The Hall–Kier alpha value is -1.84. The van der Waals surface area contributed by atoms with Crippen molar-refractivity contribution >= 4 is 11.9 Å². The standard InChI is InChI=1S/C14H18O4/c1-10(2)14(16)18-9-13-7-5-4-6-12(13)8-17-11(3)15/h4-7,10H,8-9H2,1-3H3. The Bertz CT molecular complexity index is 424. The van der Waals surface area contributed by atoms with Crippen molar-refractivity contribution < 1.29 is 19.1 Å². The summed E-state index contributed by atoms with van der Waals surface area (Å²) in [6.07, 6.45) is 0. The molecule has 98 valence electrons. The number of rotatable bonds is 5. The van der Waals surface area contributed by atoms with Crippen LogP contribution in [0.25, 0.3) is 0 Å². The lowest BCUT2D eigenvalue weighted by atomic mass is 10.1. The third kappa shape index (κ3) is 4.57. The fraction of sp³-hybridized carbons (Fsp3) is 0.429. The van der Waals surface area contributed by atoms with Crippen molar-refractivity contribution in [1.82, 2.24) is 0 Å². The van der Waals surface area contributed by atoms with Crippen molar-refractivity contribution in [3.8, 4) is 0 Å². The van der Waals surface area contributed by atoms with Gasteiger partial charge in [0.2, 0.25) is 0 Å². The molecular formula is C14H18O4. The van der Waals surface area contributed by atoms with E-state index in [4.69, 9.17) is 9.47 Å². The van der Waals surface area contributed by atoms with E-state index in [1.807, 2.05) is 24.3 Å². The molecule has 0 saturated heterocycles. The third-order valence-corrected chi connectivity index (χ3v) is 2.39. The van der Waals surface area contributed by atoms with Crippen LogP contribution in [-0.2, 0) is 32.3 Å². The Morgan fingerprint density at radius 2 is 1.56 bits per heavy atom. The molecule has 0 aliphatic rings. The number of benzene rings is 1. The van der Waals surface area contributed by atoms with Gasteiger partial charge in [-0.05, 0) is 11.1 Å². The van der Waals surface area contributed by atoms with Crippen LogP contribution in [0.15, 0.2) is 24.3 Å². The molecule has 0 spiro atoms. The molecule has 1 aromatic rings. The quantitative estimate of drug-likeness (QED) is 0.753. The number of esters is 2. The molecule has 0 saturated carbocycles. The molecule has 0 atom stereocenters. The minimum absolute atomic E-state index is 0.148. The highest BCUT2D eigenvalue weighted by molar-refractivity contribution is 5.71. The Morgan fingerprint density at radius 1 is 1.06 bits per heavy atom. The molecule has 1 rings (SSSR count). The number of carbonyl (C=O) groups excluding carboxylic acids is 2. The maximum absolute atomic E-state index is 11.4. The molecule has 0 aliphatic carbocycles. The van der Waals surface area contributed by atoms with E-state index in [1.54, 1.807) is 13.8 Å². The summed E-state index contributed by atoms with van der Waals surface area (Å²) < 4.78 is 10.1. The largest absolute Gasteiger partial charge is 0.461 e. The predicted octanol–water partition coefficient (Wildman–Crippen LogP) is 2.45. The number of hydrogen-bond acceptors (Lipinski definition) is 4. The number of ether oxygens (including phenoxy) is 2. The lowest BCUT2D eigenvalue weighted by molar-refractivity contribution is -0.149. The van der Waals surface area contributed by atoms with Crippen LogP contribution in [0, 0.1) is 5.92 Å². The van der Waals surface area contributed by atoms with Crippen LogP contribution < -0.4 is 0 Å². The third-order valence-electron chi connectivity index (χ3n) is 2.39. The lowest BCUT2D eigenvalue weighted by Gasteiger charge is -2.11. The zero-order valence-corrected chi connectivity index (χ0v) is 10.9. The highest BCUT2D eigenvalue weighted by Gasteiger charge is 2.10. The van der Waals surface area contributed by atoms with Crippen molar-refractivity contribution in [2.75, 3.05) is 0 Å². The molecule has 0 amide bonds. The molecule has 4 nitrogen and oxygen atoms in total. The molecule has 18 heavy (non-hydrogen) atoms. The lowest BCUT2D eigenvalue weighted by Crippen LogP contribution is -2.12. The van der Waals surface area contributed by atoms with Crippen molar-refractivity contribution in [2.45, 2.75) is 34.0 Å². The van der Waals surface area contributed by atoms with Gasteiger partial charge in [-0.15, -0.1) is 0 Å². The Morgan fingerprint density at radius 3 is 2.00 bits per heavy atom. The molecule has 4 heteroatoms. The Balaban J connectivity index is 2.64. The van der Waals surface area contributed by atoms with Gasteiger partial charge >= 0.3 is 11.9 Å². The zero-order valence-electron chi connectivity index (χ0n) is 10.9. The fourth-order valence-electron chi connectivity index (χ4n) is 1.33. The molecule has 0 heterocycles. The van der Waals surface area contributed by atoms with Gasteiger partial charge in [-0.2, -0.15) is 0 Å². The van der Waals surface area contributed by atoms with Crippen LogP contribution in [0.4, 0.5) is 0 Å². The predicted molar refractivity (Wildman–Crippen MR) is 66.5 cm³/mol. The average Bonchev–Trinajstić information content (AvgIpc) is 2.34. The van der Waals surface area contributed by atoms with Crippen LogP contribution in [0.5, 0.6) is 0 Å². The summed E-state index contributed by atoms with van der Waals surface area (Å²) in [4.78, 5) is 22.2. The SMILES string of the molecule is CC(=O)OCc1ccccc1COC(=O)C(C)C. The van der Waals surface area contributed by atoms with E-state index >= 15 is 0 Å². The first-order valence-corrected chi connectivity index (χ1v) is 5.87. The van der Waals surface area contributed by atoms with Crippen molar-refractivity contribution in [2.24, 2.45) is 5.92 Å². The number of hydrogen-bond donors (Lipinski definition) is 0. The van der Waals surface area contributed by atoms with E-state index in [0.717, 1.165) is 11.1 Å². The van der Waals surface area contributed by atoms with Gasteiger partial charge < -0.3 is 9.47 Å². The maximum atomic E-state index is 11.4. The van der Waals surface area contributed by atoms with Gasteiger partial charge in [0.1, 0.15) is 13.2 Å².